The molecule has 1 aromatic heterocycles. The van der Waals surface area contributed by atoms with Crippen molar-refractivity contribution in [3.8, 4) is 6.07 Å². The standard InChI is InChI=1S/C17H13N3O/c18-10-12-4-3-5-13(8-12)11-19-17(21)16-9-14-6-1-2-7-15(14)20-16/h1-9,20H,11H2,(H,19,21). The first-order chi connectivity index (χ1) is 10.3. The molecule has 2 aromatic carbocycles. The Labute approximate surface area is 122 Å². The first-order valence-corrected chi connectivity index (χ1v) is 6.61. The summed E-state index contributed by atoms with van der Waals surface area (Å²) in [6, 6.07) is 18.9. The number of aromatic nitrogens is 1. The number of para-hydroxylation sites is 1. The maximum atomic E-state index is 12.1. The minimum atomic E-state index is -0.159. The van der Waals surface area contributed by atoms with E-state index in [0.717, 1.165) is 16.5 Å². The molecule has 0 aliphatic carbocycles. The second-order valence-electron chi connectivity index (χ2n) is 4.77. The molecule has 102 valence electrons. The van der Waals surface area contributed by atoms with E-state index in [1.165, 1.54) is 0 Å². The highest BCUT2D eigenvalue weighted by Crippen LogP contribution is 2.14. The van der Waals surface area contributed by atoms with Gasteiger partial charge >= 0.3 is 0 Å². The van der Waals surface area contributed by atoms with E-state index >= 15 is 0 Å². The average molecular weight is 275 g/mol. The van der Waals surface area contributed by atoms with E-state index in [9.17, 15) is 4.79 Å². The Morgan fingerprint density at radius 1 is 1.14 bits per heavy atom. The van der Waals surface area contributed by atoms with Crippen molar-refractivity contribution in [3.05, 3.63) is 71.4 Å². The van der Waals surface area contributed by atoms with Crippen LogP contribution in [0.5, 0.6) is 0 Å². The Kier molecular flexibility index (Phi) is 3.40. The summed E-state index contributed by atoms with van der Waals surface area (Å²) in [6.45, 7) is 0.393. The highest BCUT2D eigenvalue weighted by atomic mass is 16.1. The first kappa shape index (κ1) is 12.9. The van der Waals surface area contributed by atoms with Gasteiger partial charge in [0, 0.05) is 17.4 Å². The number of nitriles is 1. The largest absolute Gasteiger partial charge is 0.351 e. The lowest BCUT2D eigenvalue weighted by Gasteiger charge is -2.04. The van der Waals surface area contributed by atoms with Gasteiger partial charge in [0.2, 0.25) is 0 Å². The Hall–Kier alpha value is -3.06. The van der Waals surface area contributed by atoms with Crippen LogP contribution in [0.15, 0.2) is 54.6 Å². The summed E-state index contributed by atoms with van der Waals surface area (Å²) in [5.41, 5.74) is 2.97. The summed E-state index contributed by atoms with van der Waals surface area (Å²) in [4.78, 5) is 15.2. The molecular weight excluding hydrogens is 262 g/mol. The third-order valence-corrected chi connectivity index (χ3v) is 3.28. The molecule has 3 rings (SSSR count). The number of aromatic amines is 1. The van der Waals surface area contributed by atoms with Crippen LogP contribution in [0.1, 0.15) is 21.6 Å². The lowest BCUT2D eigenvalue weighted by molar-refractivity contribution is 0.0947. The van der Waals surface area contributed by atoms with Gasteiger partial charge in [0.05, 0.1) is 11.6 Å². The predicted molar refractivity (Wildman–Crippen MR) is 80.6 cm³/mol. The molecule has 0 bridgehead atoms. The number of carbonyl (C=O) groups is 1. The summed E-state index contributed by atoms with van der Waals surface area (Å²) in [5, 5.41) is 12.7. The van der Waals surface area contributed by atoms with Crippen LogP contribution in [0.4, 0.5) is 0 Å². The van der Waals surface area contributed by atoms with Crippen LogP contribution in [-0.2, 0) is 6.54 Å². The number of nitrogens with one attached hydrogen (secondary N) is 2. The number of carbonyl (C=O) groups excluding carboxylic acids is 1. The first-order valence-electron chi connectivity index (χ1n) is 6.61. The van der Waals surface area contributed by atoms with Crippen molar-refractivity contribution in [2.45, 2.75) is 6.54 Å². The topological polar surface area (TPSA) is 68.7 Å². The molecule has 0 aliphatic rings. The van der Waals surface area contributed by atoms with E-state index in [0.29, 0.717) is 17.8 Å². The predicted octanol–water partition coefficient (Wildman–Crippen LogP) is 2.97. The number of hydrogen-bond acceptors (Lipinski definition) is 2. The smallest absolute Gasteiger partial charge is 0.267 e. The van der Waals surface area contributed by atoms with Crippen LogP contribution in [0.3, 0.4) is 0 Å². The Balaban J connectivity index is 1.72. The fourth-order valence-electron chi connectivity index (χ4n) is 2.22. The molecule has 0 unspecified atom stereocenters. The van der Waals surface area contributed by atoms with Gasteiger partial charge < -0.3 is 10.3 Å². The van der Waals surface area contributed by atoms with Crippen molar-refractivity contribution in [3.63, 3.8) is 0 Å². The fraction of sp³-hybridized carbons (Fsp3) is 0.0588. The van der Waals surface area contributed by atoms with Crippen LogP contribution in [-0.4, -0.2) is 10.9 Å². The van der Waals surface area contributed by atoms with E-state index in [1.807, 2.05) is 42.5 Å². The molecule has 21 heavy (non-hydrogen) atoms. The number of nitrogens with zero attached hydrogens (tertiary/aromatic N) is 1. The molecule has 2 N–H and O–H groups in total. The highest BCUT2D eigenvalue weighted by molar-refractivity contribution is 5.97. The third-order valence-electron chi connectivity index (χ3n) is 3.28. The lowest BCUT2D eigenvalue weighted by atomic mass is 10.1. The van der Waals surface area contributed by atoms with Crippen molar-refractivity contribution in [2.24, 2.45) is 0 Å². The van der Waals surface area contributed by atoms with Gasteiger partial charge in [-0.15, -0.1) is 0 Å². The number of rotatable bonds is 3. The molecule has 0 aliphatic heterocycles. The zero-order valence-corrected chi connectivity index (χ0v) is 11.3. The van der Waals surface area contributed by atoms with Crippen molar-refractivity contribution in [1.82, 2.24) is 10.3 Å². The SMILES string of the molecule is N#Cc1cccc(CNC(=O)c2cc3ccccc3[nH]2)c1. The fourth-order valence-corrected chi connectivity index (χ4v) is 2.22. The van der Waals surface area contributed by atoms with Crippen LogP contribution in [0.25, 0.3) is 10.9 Å². The summed E-state index contributed by atoms with van der Waals surface area (Å²) < 4.78 is 0. The van der Waals surface area contributed by atoms with Crippen molar-refractivity contribution in [1.29, 1.82) is 5.26 Å². The molecule has 3 aromatic rings. The second-order valence-corrected chi connectivity index (χ2v) is 4.77. The quantitative estimate of drug-likeness (QED) is 0.771. The van der Waals surface area contributed by atoms with Gasteiger partial charge in [-0.2, -0.15) is 5.26 Å². The number of amides is 1. The van der Waals surface area contributed by atoms with E-state index in [-0.39, 0.29) is 5.91 Å². The maximum Gasteiger partial charge on any atom is 0.267 e. The molecule has 4 heteroatoms. The number of H-pyrrole nitrogens is 1. The molecule has 4 nitrogen and oxygen atoms in total. The Morgan fingerprint density at radius 2 is 2.00 bits per heavy atom. The molecule has 1 amide bonds. The normalized spacial score (nSPS) is 10.2. The van der Waals surface area contributed by atoms with Crippen LogP contribution < -0.4 is 5.32 Å². The van der Waals surface area contributed by atoms with E-state index in [1.54, 1.807) is 12.1 Å². The van der Waals surface area contributed by atoms with Crippen LogP contribution >= 0.6 is 0 Å². The van der Waals surface area contributed by atoms with Gasteiger partial charge in [0.1, 0.15) is 5.69 Å². The zero-order chi connectivity index (χ0) is 14.7. The van der Waals surface area contributed by atoms with Gasteiger partial charge in [-0.05, 0) is 29.8 Å². The van der Waals surface area contributed by atoms with Crippen molar-refractivity contribution < 1.29 is 4.79 Å². The van der Waals surface area contributed by atoms with Gasteiger partial charge in [0.15, 0.2) is 0 Å². The molecule has 0 radical (unpaired) electrons. The molecule has 0 fully saturated rings. The van der Waals surface area contributed by atoms with Crippen molar-refractivity contribution >= 4 is 16.8 Å². The third kappa shape index (κ3) is 2.77. The van der Waals surface area contributed by atoms with Gasteiger partial charge in [-0.1, -0.05) is 30.3 Å². The van der Waals surface area contributed by atoms with E-state index in [4.69, 9.17) is 5.26 Å². The minimum Gasteiger partial charge on any atom is -0.351 e. The maximum absolute atomic E-state index is 12.1. The molecule has 0 spiro atoms. The van der Waals surface area contributed by atoms with Crippen LogP contribution in [0.2, 0.25) is 0 Å². The molecular formula is C17H13N3O. The summed E-state index contributed by atoms with van der Waals surface area (Å²) in [7, 11) is 0. The number of fused-ring (bicyclic) bond motifs is 1. The summed E-state index contributed by atoms with van der Waals surface area (Å²) >= 11 is 0. The Bertz CT molecular complexity index is 809. The molecule has 0 atom stereocenters. The molecule has 0 saturated carbocycles. The number of benzene rings is 2. The van der Waals surface area contributed by atoms with Crippen LogP contribution in [0, 0.1) is 11.3 Å². The van der Waals surface area contributed by atoms with Gasteiger partial charge in [0.25, 0.3) is 5.91 Å². The summed E-state index contributed by atoms with van der Waals surface area (Å²) in [5.74, 6) is -0.159. The van der Waals surface area contributed by atoms with Crippen molar-refractivity contribution in [2.75, 3.05) is 0 Å². The van der Waals surface area contributed by atoms with E-state index < -0.39 is 0 Å². The molecule has 1 heterocycles. The average Bonchev–Trinajstić information content (AvgIpc) is 2.97. The second kappa shape index (κ2) is 5.51. The minimum absolute atomic E-state index is 0.159. The summed E-state index contributed by atoms with van der Waals surface area (Å²) in [6.07, 6.45) is 0. The highest BCUT2D eigenvalue weighted by Gasteiger charge is 2.08. The molecule has 0 saturated heterocycles. The zero-order valence-electron chi connectivity index (χ0n) is 11.3. The monoisotopic (exact) mass is 275 g/mol. The number of hydrogen-bond donors (Lipinski definition) is 2. The lowest BCUT2D eigenvalue weighted by Crippen LogP contribution is -2.23. The Morgan fingerprint density at radius 3 is 2.81 bits per heavy atom. The van der Waals surface area contributed by atoms with Gasteiger partial charge in [-0.25, -0.2) is 0 Å². The van der Waals surface area contributed by atoms with E-state index in [2.05, 4.69) is 16.4 Å². The van der Waals surface area contributed by atoms with Gasteiger partial charge in [-0.3, -0.25) is 4.79 Å².